The van der Waals surface area contributed by atoms with E-state index in [2.05, 4.69) is 12.2 Å². The normalized spacial score (nSPS) is 26.2. The Morgan fingerprint density at radius 2 is 2.10 bits per heavy atom. The van der Waals surface area contributed by atoms with E-state index >= 15 is 0 Å². The predicted molar refractivity (Wildman–Crippen MR) is 81.4 cm³/mol. The summed E-state index contributed by atoms with van der Waals surface area (Å²) in [5, 5.41) is 12.9. The van der Waals surface area contributed by atoms with Crippen LogP contribution >= 0.6 is 11.6 Å². The second kappa shape index (κ2) is 6.04. The zero-order chi connectivity index (χ0) is 14.8. The zero-order valence-electron chi connectivity index (χ0n) is 12.1. The van der Waals surface area contributed by atoms with Gasteiger partial charge in [0, 0.05) is 5.88 Å². The molecule has 1 fully saturated rings. The molecule has 0 aromatic heterocycles. The number of amides is 1. The number of carbonyl (C=O) groups is 1. The number of aryl methyl sites for hydroxylation is 1. The fourth-order valence-electron chi connectivity index (χ4n) is 2.75. The van der Waals surface area contributed by atoms with Gasteiger partial charge in [-0.1, -0.05) is 18.6 Å². The first-order chi connectivity index (χ1) is 9.46. The highest BCUT2D eigenvalue weighted by Gasteiger charge is 2.35. The average molecular weight is 296 g/mol. The molecule has 3 nitrogen and oxygen atoms in total. The maximum absolute atomic E-state index is 12.4. The first-order valence-electron chi connectivity index (χ1n) is 7.14. The third kappa shape index (κ3) is 3.26. The minimum absolute atomic E-state index is 0.0157. The third-order valence-electron chi connectivity index (χ3n) is 4.26. The van der Waals surface area contributed by atoms with E-state index in [1.165, 1.54) is 0 Å². The van der Waals surface area contributed by atoms with Crippen molar-refractivity contribution >= 4 is 17.5 Å². The van der Waals surface area contributed by atoms with Crippen LogP contribution in [0.3, 0.4) is 0 Å². The maximum atomic E-state index is 12.4. The number of rotatable bonds is 3. The van der Waals surface area contributed by atoms with E-state index in [-0.39, 0.29) is 17.2 Å². The van der Waals surface area contributed by atoms with Crippen LogP contribution in [-0.4, -0.2) is 22.4 Å². The average Bonchev–Trinajstić information content (AvgIpc) is 2.44. The summed E-state index contributed by atoms with van der Waals surface area (Å²) in [6.07, 6.45) is 3.95. The smallest absolute Gasteiger partial charge is 0.255 e. The quantitative estimate of drug-likeness (QED) is 0.837. The van der Waals surface area contributed by atoms with Gasteiger partial charge in [0.1, 0.15) is 5.75 Å². The molecule has 4 heteroatoms. The summed E-state index contributed by atoms with van der Waals surface area (Å²) in [7, 11) is 0. The van der Waals surface area contributed by atoms with Crippen molar-refractivity contribution in [2.75, 3.05) is 5.88 Å². The Morgan fingerprint density at radius 3 is 2.70 bits per heavy atom. The number of phenols is 1. The van der Waals surface area contributed by atoms with Gasteiger partial charge in [0.05, 0.1) is 11.1 Å². The van der Waals surface area contributed by atoms with Crippen molar-refractivity contribution in [3.05, 3.63) is 29.3 Å². The van der Waals surface area contributed by atoms with Gasteiger partial charge in [-0.15, -0.1) is 11.6 Å². The molecule has 0 heterocycles. The van der Waals surface area contributed by atoms with Gasteiger partial charge < -0.3 is 10.4 Å². The number of carbonyl (C=O) groups excluding carboxylic acids is 1. The summed E-state index contributed by atoms with van der Waals surface area (Å²) in [4.78, 5) is 12.4. The number of alkyl halides is 1. The fraction of sp³-hybridized carbons (Fsp3) is 0.562. The van der Waals surface area contributed by atoms with Crippen molar-refractivity contribution in [1.82, 2.24) is 5.32 Å². The summed E-state index contributed by atoms with van der Waals surface area (Å²) in [6, 6.07) is 5.05. The van der Waals surface area contributed by atoms with Gasteiger partial charge in [-0.05, 0) is 50.7 Å². The fourth-order valence-corrected chi connectivity index (χ4v) is 3.08. The highest BCUT2D eigenvalue weighted by Crippen LogP contribution is 2.33. The van der Waals surface area contributed by atoms with Crippen molar-refractivity contribution < 1.29 is 9.90 Å². The number of benzene rings is 1. The van der Waals surface area contributed by atoms with Crippen LogP contribution in [0.1, 0.15) is 48.5 Å². The number of hydrogen-bond acceptors (Lipinski definition) is 2. The first kappa shape index (κ1) is 15.2. The Labute approximate surface area is 125 Å². The molecule has 0 saturated heterocycles. The Bertz CT molecular complexity index is 493. The Balaban J connectivity index is 2.15. The number of aromatic hydroxyl groups is 1. The molecule has 2 N–H and O–H groups in total. The Morgan fingerprint density at radius 1 is 1.45 bits per heavy atom. The van der Waals surface area contributed by atoms with Gasteiger partial charge >= 0.3 is 0 Å². The molecule has 1 aromatic carbocycles. The molecule has 1 aliphatic rings. The largest absolute Gasteiger partial charge is 0.507 e. The first-order valence-corrected chi connectivity index (χ1v) is 7.67. The molecule has 1 saturated carbocycles. The van der Waals surface area contributed by atoms with Gasteiger partial charge in [-0.2, -0.15) is 0 Å². The van der Waals surface area contributed by atoms with E-state index in [0.29, 0.717) is 17.4 Å². The lowest BCUT2D eigenvalue weighted by Crippen LogP contribution is -2.52. The zero-order valence-corrected chi connectivity index (χ0v) is 12.8. The SMILES string of the molecule is Cc1ccc(O)c(C(=O)NC2(CCl)CCC(C)CC2)c1. The number of nitrogens with one attached hydrogen (secondary N) is 1. The van der Waals surface area contributed by atoms with Gasteiger partial charge in [0.15, 0.2) is 0 Å². The van der Waals surface area contributed by atoms with E-state index in [1.54, 1.807) is 18.2 Å². The van der Waals surface area contributed by atoms with Crippen LogP contribution < -0.4 is 5.32 Å². The van der Waals surface area contributed by atoms with Crippen LogP contribution in [0.2, 0.25) is 0 Å². The molecule has 2 rings (SSSR count). The molecule has 1 aliphatic carbocycles. The summed E-state index contributed by atoms with van der Waals surface area (Å²) >= 11 is 6.11. The molecule has 0 atom stereocenters. The molecule has 0 bridgehead atoms. The second-order valence-electron chi connectivity index (χ2n) is 6.07. The maximum Gasteiger partial charge on any atom is 0.255 e. The molecule has 0 unspecified atom stereocenters. The van der Waals surface area contributed by atoms with Crippen LogP contribution in [0, 0.1) is 12.8 Å². The van der Waals surface area contributed by atoms with Crippen molar-refractivity contribution in [3.63, 3.8) is 0 Å². The molecule has 110 valence electrons. The third-order valence-corrected chi connectivity index (χ3v) is 4.77. The van der Waals surface area contributed by atoms with Crippen molar-refractivity contribution in [1.29, 1.82) is 0 Å². The van der Waals surface area contributed by atoms with E-state index < -0.39 is 0 Å². The van der Waals surface area contributed by atoms with Crippen molar-refractivity contribution in [2.24, 2.45) is 5.92 Å². The Kier molecular flexibility index (Phi) is 4.59. The highest BCUT2D eigenvalue weighted by atomic mass is 35.5. The van der Waals surface area contributed by atoms with Gasteiger partial charge in [0.25, 0.3) is 5.91 Å². The molecular formula is C16H22ClNO2. The van der Waals surface area contributed by atoms with Crippen LogP contribution in [-0.2, 0) is 0 Å². The summed E-state index contributed by atoms with van der Waals surface area (Å²) in [5.41, 5.74) is 0.944. The van der Waals surface area contributed by atoms with Gasteiger partial charge in [0.2, 0.25) is 0 Å². The topological polar surface area (TPSA) is 49.3 Å². The summed E-state index contributed by atoms with van der Waals surface area (Å²) < 4.78 is 0. The molecule has 1 aromatic rings. The second-order valence-corrected chi connectivity index (χ2v) is 6.34. The van der Waals surface area contributed by atoms with Crippen LogP contribution in [0.4, 0.5) is 0 Å². The van der Waals surface area contributed by atoms with E-state index in [4.69, 9.17) is 11.6 Å². The lowest BCUT2D eigenvalue weighted by molar-refractivity contribution is 0.0869. The summed E-state index contributed by atoms with van der Waals surface area (Å²) in [5.74, 6) is 0.886. The monoisotopic (exact) mass is 295 g/mol. The molecular weight excluding hydrogens is 274 g/mol. The van der Waals surface area contributed by atoms with Crippen LogP contribution in [0.5, 0.6) is 5.75 Å². The van der Waals surface area contributed by atoms with Crippen molar-refractivity contribution in [2.45, 2.75) is 45.1 Å². The number of hydrogen-bond donors (Lipinski definition) is 2. The van der Waals surface area contributed by atoms with E-state index in [0.717, 1.165) is 31.2 Å². The highest BCUT2D eigenvalue weighted by molar-refractivity contribution is 6.19. The Hall–Kier alpha value is -1.22. The lowest BCUT2D eigenvalue weighted by atomic mass is 9.78. The number of phenolic OH excluding ortho intramolecular Hbond substituents is 1. The number of halogens is 1. The molecule has 0 spiro atoms. The minimum atomic E-state index is -0.332. The van der Waals surface area contributed by atoms with E-state index in [9.17, 15) is 9.90 Å². The molecule has 0 radical (unpaired) electrons. The summed E-state index contributed by atoms with van der Waals surface area (Å²) in [6.45, 7) is 4.13. The van der Waals surface area contributed by atoms with E-state index in [1.807, 2.05) is 6.92 Å². The van der Waals surface area contributed by atoms with Crippen molar-refractivity contribution in [3.8, 4) is 5.75 Å². The molecule has 0 aliphatic heterocycles. The molecule has 1 amide bonds. The van der Waals surface area contributed by atoms with Crippen LogP contribution in [0.25, 0.3) is 0 Å². The predicted octanol–water partition coefficient (Wildman–Crippen LogP) is 3.62. The lowest BCUT2D eigenvalue weighted by Gasteiger charge is -2.38. The minimum Gasteiger partial charge on any atom is -0.507 e. The van der Waals surface area contributed by atoms with Gasteiger partial charge in [-0.25, -0.2) is 0 Å². The van der Waals surface area contributed by atoms with Crippen LogP contribution in [0.15, 0.2) is 18.2 Å². The van der Waals surface area contributed by atoms with Gasteiger partial charge in [-0.3, -0.25) is 4.79 Å². The molecule has 20 heavy (non-hydrogen) atoms. The standard InChI is InChI=1S/C16H22ClNO2/c1-11-5-7-16(10-17,8-6-11)18-15(20)13-9-12(2)3-4-14(13)19/h3-4,9,11,19H,5-8,10H2,1-2H3,(H,18,20).